The molecule has 25 heteroatoms. The number of amides is 7. The van der Waals surface area contributed by atoms with Gasteiger partial charge >= 0.3 is 11.9 Å². The number of carbonyl (C=O) groups excluding carboxylic acids is 7. The van der Waals surface area contributed by atoms with Gasteiger partial charge in [0, 0.05) is 105 Å². The van der Waals surface area contributed by atoms with Gasteiger partial charge in [-0.25, -0.2) is 14.2 Å². The third-order valence-corrected chi connectivity index (χ3v) is 21.3. The monoisotopic (exact) mass is 1290 g/mol. The van der Waals surface area contributed by atoms with Crippen LogP contribution in [0.15, 0.2) is 103 Å². The molecule has 8 aromatic rings. The summed E-state index contributed by atoms with van der Waals surface area (Å²) in [5.41, 5.74) is 4.19. The molecule has 4 saturated heterocycles. The Kier molecular flexibility index (Phi) is 16.1. The molecule has 7 amide bonds. The van der Waals surface area contributed by atoms with Crippen LogP contribution in [0.2, 0.25) is 5.02 Å². The molecule has 0 aliphatic carbocycles. The minimum atomic E-state index is -1.38. The zero-order valence-corrected chi connectivity index (χ0v) is 51.9. The number of para-hydroxylation sites is 2. The molecule has 0 unspecified atom stereocenters. The van der Waals surface area contributed by atoms with Gasteiger partial charge < -0.3 is 40.5 Å². The summed E-state index contributed by atoms with van der Waals surface area (Å²) in [6.07, 6.45) is 5.43. The first-order valence-corrected chi connectivity index (χ1v) is 32.7. The number of carboxylic acids is 1. The van der Waals surface area contributed by atoms with Crippen LogP contribution >= 0.6 is 22.9 Å². The number of carbonyl (C=O) groups is 8. The van der Waals surface area contributed by atoms with Gasteiger partial charge in [0.25, 0.3) is 5.91 Å². The quantitative estimate of drug-likeness (QED) is 0.0761. The molecule has 7 aliphatic rings. The van der Waals surface area contributed by atoms with Crippen LogP contribution in [0.4, 0.5) is 10.1 Å². The molecule has 10 heterocycles. The molecule has 5 aromatic carbocycles. The smallest absolute Gasteiger partial charge is 0.339 e. The number of thiazole rings is 1. The van der Waals surface area contributed by atoms with Crippen molar-refractivity contribution >= 4 is 108 Å². The zero-order valence-electron chi connectivity index (χ0n) is 50.3. The van der Waals surface area contributed by atoms with Crippen molar-refractivity contribution in [2.75, 3.05) is 70.8 Å². The van der Waals surface area contributed by atoms with Gasteiger partial charge in [0.1, 0.15) is 48.3 Å². The minimum absolute atomic E-state index is 0.0207. The lowest BCUT2D eigenvalue weighted by molar-refractivity contribution is -0.158. The number of nitrogens with zero attached hydrogens (tertiary/aromatic N) is 9. The number of nitrogens with one attached hydrogen (secondary N) is 3. The van der Waals surface area contributed by atoms with Crippen molar-refractivity contribution in [1.82, 2.24) is 54.6 Å². The van der Waals surface area contributed by atoms with Gasteiger partial charge in [-0.15, -0.1) is 21.0 Å². The molecule has 4 fully saturated rings. The first kappa shape index (κ1) is 60.4. The Morgan fingerprint density at radius 1 is 0.761 bits per heavy atom. The van der Waals surface area contributed by atoms with Gasteiger partial charge in [0.05, 0.1) is 57.1 Å². The molecule has 0 spiro atoms. The average Bonchev–Trinajstić information content (AvgIpc) is 1.55. The molecule has 1 atom stereocenters. The highest BCUT2D eigenvalue weighted by Gasteiger charge is 2.51. The van der Waals surface area contributed by atoms with Gasteiger partial charge in [0.2, 0.25) is 29.5 Å². The van der Waals surface area contributed by atoms with Crippen molar-refractivity contribution in [1.29, 1.82) is 0 Å². The van der Waals surface area contributed by atoms with Gasteiger partial charge in [-0.2, -0.15) is 5.10 Å². The number of hydrogen-bond acceptors (Lipinski definition) is 13. The van der Waals surface area contributed by atoms with E-state index in [1.807, 2.05) is 77.7 Å². The number of rotatable bonds is 14. The fourth-order valence-corrected chi connectivity index (χ4v) is 16.1. The third-order valence-electron chi connectivity index (χ3n) is 19.7. The van der Waals surface area contributed by atoms with Gasteiger partial charge in [-0.3, -0.25) is 38.2 Å². The summed E-state index contributed by atoms with van der Waals surface area (Å²) >= 11 is 8.05. The number of hydrogen-bond donors (Lipinski definition) is 4. The van der Waals surface area contributed by atoms with Crippen LogP contribution in [-0.2, 0) is 44.9 Å². The molecular formula is C67H67ClFN12O10S+. The Morgan fingerprint density at radius 3 is 2.24 bits per heavy atom. The number of benzene rings is 5. The van der Waals surface area contributed by atoms with E-state index in [9.17, 15) is 28.8 Å². The summed E-state index contributed by atoms with van der Waals surface area (Å²) in [6, 6.07) is 29.0. The molecule has 474 valence electrons. The van der Waals surface area contributed by atoms with E-state index in [1.165, 1.54) is 17.4 Å². The highest BCUT2D eigenvalue weighted by molar-refractivity contribution is 7.22. The molecule has 15 rings (SSSR count). The van der Waals surface area contributed by atoms with Crippen LogP contribution in [-0.4, -0.2) is 163 Å². The van der Waals surface area contributed by atoms with Crippen molar-refractivity contribution in [2.45, 2.75) is 88.2 Å². The van der Waals surface area contributed by atoms with Crippen LogP contribution in [0, 0.1) is 17.7 Å². The lowest BCUT2D eigenvalue weighted by Gasteiger charge is -2.45. The van der Waals surface area contributed by atoms with Crippen molar-refractivity contribution in [3.63, 3.8) is 0 Å². The number of aliphatic carboxylic acids is 1. The Balaban J connectivity index is 0.642. The highest BCUT2D eigenvalue weighted by atomic mass is 35.5. The molecule has 4 N–H and O–H groups in total. The van der Waals surface area contributed by atoms with E-state index in [4.69, 9.17) is 36.6 Å². The number of carboxylic acid groups (broad SMARTS) is 1. The summed E-state index contributed by atoms with van der Waals surface area (Å²) in [6.45, 7) is 1.51. The normalized spacial score (nSPS) is 20.6. The van der Waals surface area contributed by atoms with Gasteiger partial charge in [-0.1, -0.05) is 64.9 Å². The van der Waals surface area contributed by atoms with Crippen LogP contribution in [0.25, 0.3) is 53.7 Å². The largest absolute Gasteiger partial charge is 0.480 e. The second kappa shape index (κ2) is 24.5. The molecule has 0 radical (unpaired) electrons. The SMILES string of the molecule is O=C(O)CNC(=O)CNC(=O)Cn1nc2c3c(cccc31)-c1cc3c(cnn3[N+]3(C(=O)CC4CCN(C(=O)C5CCN(C(=O)C6(Oc7ccccc7-c7nc8cccc(Cl)c8s7)CCN(C(=O)[C@H]7CC(=O)Nc8ccccc87)CC6)CC5)CC4)CCC2CC3)cc1F. The fourth-order valence-electron chi connectivity index (χ4n) is 14.8. The van der Waals surface area contributed by atoms with E-state index in [1.54, 1.807) is 43.7 Å². The number of anilines is 1. The maximum Gasteiger partial charge on any atom is 0.339 e. The fraction of sp³-hybridized carbons (Fsp3) is 0.388. The summed E-state index contributed by atoms with van der Waals surface area (Å²) in [7, 11) is 0. The van der Waals surface area contributed by atoms with E-state index in [0.717, 1.165) is 15.8 Å². The molecular weight excluding hydrogens is 1220 g/mol. The van der Waals surface area contributed by atoms with Crippen molar-refractivity contribution in [2.24, 2.45) is 11.8 Å². The number of aromatic nitrogens is 5. The van der Waals surface area contributed by atoms with Crippen LogP contribution in [0.1, 0.15) is 87.3 Å². The summed E-state index contributed by atoms with van der Waals surface area (Å²) in [5.74, 6) is -4.21. The number of ether oxygens (including phenoxy) is 1. The van der Waals surface area contributed by atoms with E-state index in [-0.39, 0.29) is 97.2 Å². The van der Waals surface area contributed by atoms with Crippen molar-refractivity contribution in [3.8, 4) is 27.4 Å². The Labute approximate surface area is 536 Å². The third kappa shape index (κ3) is 11.2. The Morgan fingerprint density at radius 2 is 1.47 bits per heavy atom. The van der Waals surface area contributed by atoms with E-state index in [0.29, 0.717) is 143 Å². The van der Waals surface area contributed by atoms with Gasteiger partial charge in [0.15, 0.2) is 5.60 Å². The number of piperidine rings is 4. The second-order valence-corrected chi connectivity index (χ2v) is 26.5. The molecule has 92 heavy (non-hydrogen) atoms. The lowest BCUT2D eigenvalue weighted by Crippen LogP contribution is -2.66. The van der Waals surface area contributed by atoms with Crippen LogP contribution in [0.5, 0.6) is 5.75 Å². The number of quaternary nitrogens is 1. The Hall–Kier alpha value is -9.13. The number of halogens is 2. The summed E-state index contributed by atoms with van der Waals surface area (Å²) in [4.78, 5) is 121. The van der Waals surface area contributed by atoms with E-state index in [2.05, 4.69) is 16.0 Å². The van der Waals surface area contributed by atoms with Crippen molar-refractivity contribution in [3.05, 3.63) is 125 Å². The van der Waals surface area contributed by atoms with Gasteiger partial charge in [-0.05, 0) is 91.3 Å². The Bertz CT molecular complexity index is 4330. The average molecular weight is 1290 g/mol. The van der Waals surface area contributed by atoms with E-state index >= 15 is 14.0 Å². The molecule has 22 nitrogen and oxygen atoms in total. The highest BCUT2D eigenvalue weighted by Crippen LogP contribution is 2.45. The maximum absolute atomic E-state index is 16.4. The number of fused-ring (bicyclic) bond motifs is 4. The molecule has 0 saturated carbocycles. The minimum Gasteiger partial charge on any atom is -0.480 e. The predicted octanol–water partition coefficient (Wildman–Crippen LogP) is 7.73. The van der Waals surface area contributed by atoms with Crippen LogP contribution < -0.4 is 25.3 Å². The first-order chi connectivity index (χ1) is 44.5. The lowest BCUT2D eigenvalue weighted by atomic mass is 9.85. The molecule has 3 aromatic heterocycles. The summed E-state index contributed by atoms with van der Waals surface area (Å²) in [5, 5.41) is 28.9. The molecule has 7 aliphatic heterocycles. The maximum atomic E-state index is 16.4. The van der Waals surface area contributed by atoms with Crippen LogP contribution in [0.3, 0.4) is 0 Å². The van der Waals surface area contributed by atoms with Crippen molar-refractivity contribution < 1.29 is 52.6 Å². The predicted molar refractivity (Wildman–Crippen MR) is 341 cm³/mol. The second-order valence-electron chi connectivity index (χ2n) is 25.1. The first-order valence-electron chi connectivity index (χ1n) is 31.5. The number of likely N-dealkylation sites (tertiary alicyclic amines) is 3. The topological polar surface area (TPSA) is 260 Å². The zero-order chi connectivity index (χ0) is 63.6. The summed E-state index contributed by atoms with van der Waals surface area (Å²) < 4.78 is 25.8. The van der Waals surface area contributed by atoms with E-state index < -0.39 is 48.2 Å². The standard InChI is InChI=1S/C67H66ClFN12O10S/c68-48-10-6-12-51-62(48)92-63(74-51)45-8-2-4-14-54(45)91-67(21-27-77(28-22-67)65(89)47-34-55(82)73-50-11-3-1-7-43(47)50)66(90)78-25-17-41(18-26-78)64(88)76-23-15-39(16-24-76)31-58(85)81-29-19-40(20-30-81)61-60-44(46-33-53-42(32-49(46)69)35-72-80(53)81)9-5-13-52(60)79(75-61)38-57(84)70-36-56(83)71-37-59(86)87/h1-14,32-33,35,39-41,47H,15-31,34,36-38H2,(H3-,70,71,73,82,83,84,86,87)/p+1/t40?,47-,81?/m0/s1. The molecule has 4 bridgehead atoms.